The zero-order chi connectivity index (χ0) is 12.3. The molecule has 0 saturated carbocycles. The van der Waals surface area contributed by atoms with Crippen molar-refractivity contribution < 1.29 is 9.21 Å². The second kappa shape index (κ2) is 5.10. The van der Waals surface area contributed by atoms with E-state index in [0.29, 0.717) is 10.5 Å². The Balaban J connectivity index is 2.10. The van der Waals surface area contributed by atoms with E-state index in [1.807, 2.05) is 25.1 Å². The number of amides is 1. The van der Waals surface area contributed by atoms with E-state index < -0.39 is 0 Å². The maximum Gasteiger partial charge on any atom is 0.252 e. The average Bonchev–Trinajstić information content (AvgIpc) is 2.82. The second-order valence-electron chi connectivity index (χ2n) is 3.73. The van der Waals surface area contributed by atoms with E-state index in [1.165, 1.54) is 0 Å². The highest BCUT2D eigenvalue weighted by Crippen LogP contribution is 2.16. The number of hydrogen-bond acceptors (Lipinski definition) is 3. The first kappa shape index (κ1) is 11.8. The van der Waals surface area contributed by atoms with Gasteiger partial charge in [-0.3, -0.25) is 4.79 Å². The van der Waals surface area contributed by atoms with Crippen LogP contribution >= 0.6 is 12.6 Å². The second-order valence-corrected chi connectivity index (χ2v) is 4.21. The molecule has 2 rings (SSSR count). The SMILES string of the molecule is CC(NC(=O)c1ccccc1S)c1ccco1. The summed E-state index contributed by atoms with van der Waals surface area (Å²) in [6, 6.07) is 10.6. The Hall–Kier alpha value is -1.68. The fraction of sp³-hybridized carbons (Fsp3) is 0.154. The van der Waals surface area contributed by atoms with Crippen LogP contribution in [0.4, 0.5) is 0 Å². The average molecular weight is 247 g/mol. The Morgan fingerprint density at radius 2 is 2.06 bits per heavy atom. The van der Waals surface area contributed by atoms with Gasteiger partial charge in [0.2, 0.25) is 0 Å². The molecule has 1 N–H and O–H groups in total. The number of carbonyl (C=O) groups excluding carboxylic acids is 1. The molecule has 1 aromatic heterocycles. The molecule has 1 atom stereocenters. The van der Waals surface area contributed by atoms with E-state index in [-0.39, 0.29) is 11.9 Å². The lowest BCUT2D eigenvalue weighted by atomic mass is 10.2. The van der Waals surface area contributed by atoms with E-state index in [2.05, 4.69) is 17.9 Å². The van der Waals surface area contributed by atoms with Gasteiger partial charge in [0.1, 0.15) is 5.76 Å². The van der Waals surface area contributed by atoms with Gasteiger partial charge in [0.15, 0.2) is 0 Å². The van der Waals surface area contributed by atoms with Crippen molar-refractivity contribution in [2.45, 2.75) is 17.9 Å². The molecule has 0 fully saturated rings. The molecule has 4 heteroatoms. The normalized spacial score (nSPS) is 12.1. The largest absolute Gasteiger partial charge is 0.467 e. The van der Waals surface area contributed by atoms with Crippen molar-refractivity contribution in [2.75, 3.05) is 0 Å². The van der Waals surface area contributed by atoms with Gasteiger partial charge in [-0.05, 0) is 31.2 Å². The molecule has 0 aliphatic heterocycles. The smallest absolute Gasteiger partial charge is 0.252 e. The van der Waals surface area contributed by atoms with Gasteiger partial charge in [-0.25, -0.2) is 0 Å². The summed E-state index contributed by atoms with van der Waals surface area (Å²) in [5, 5.41) is 2.86. The first-order chi connectivity index (χ1) is 8.18. The third-order valence-electron chi connectivity index (χ3n) is 2.47. The fourth-order valence-corrected chi connectivity index (χ4v) is 1.81. The van der Waals surface area contributed by atoms with Crippen molar-refractivity contribution in [3.8, 4) is 0 Å². The van der Waals surface area contributed by atoms with E-state index in [4.69, 9.17) is 4.42 Å². The van der Waals surface area contributed by atoms with Crippen LogP contribution in [0, 0.1) is 0 Å². The zero-order valence-electron chi connectivity index (χ0n) is 9.38. The molecule has 1 amide bonds. The molecule has 3 nitrogen and oxygen atoms in total. The third kappa shape index (κ3) is 2.71. The van der Waals surface area contributed by atoms with Gasteiger partial charge in [-0.15, -0.1) is 12.6 Å². The maximum absolute atomic E-state index is 12.0. The predicted molar refractivity (Wildman–Crippen MR) is 68.3 cm³/mol. The zero-order valence-corrected chi connectivity index (χ0v) is 10.3. The van der Waals surface area contributed by atoms with Crippen LogP contribution in [0.5, 0.6) is 0 Å². The molecule has 2 aromatic rings. The third-order valence-corrected chi connectivity index (χ3v) is 2.86. The highest BCUT2D eigenvalue weighted by Gasteiger charge is 2.14. The molecule has 0 spiro atoms. The van der Waals surface area contributed by atoms with E-state index in [1.54, 1.807) is 24.5 Å². The summed E-state index contributed by atoms with van der Waals surface area (Å²) in [5.41, 5.74) is 0.564. The predicted octanol–water partition coefficient (Wildman–Crippen LogP) is 3.06. The van der Waals surface area contributed by atoms with E-state index in [9.17, 15) is 4.79 Å². The monoisotopic (exact) mass is 247 g/mol. The van der Waals surface area contributed by atoms with Crippen molar-refractivity contribution in [1.82, 2.24) is 5.32 Å². The molecular weight excluding hydrogens is 234 g/mol. The molecule has 0 radical (unpaired) electrons. The Kier molecular flexibility index (Phi) is 3.54. The van der Waals surface area contributed by atoms with Crippen LogP contribution in [0.1, 0.15) is 29.1 Å². The van der Waals surface area contributed by atoms with Gasteiger partial charge in [-0.1, -0.05) is 12.1 Å². The van der Waals surface area contributed by atoms with Gasteiger partial charge in [0.05, 0.1) is 17.9 Å². The summed E-state index contributed by atoms with van der Waals surface area (Å²) in [6.45, 7) is 1.87. The molecule has 1 unspecified atom stereocenters. The molecule has 1 heterocycles. The Labute approximate surface area is 105 Å². The molecule has 17 heavy (non-hydrogen) atoms. The standard InChI is InChI=1S/C13H13NO2S/c1-9(11-6-4-8-16-11)14-13(15)10-5-2-3-7-12(10)17/h2-9,17H,1H3,(H,14,15). The molecule has 1 aromatic carbocycles. The minimum absolute atomic E-state index is 0.153. The molecular formula is C13H13NO2S. The molecule has 0 saturated heterocycles. The number of furan rings is 1. The topological polar surface area (TPSA) is 42.2 Å². The van der Waals surface area contributed by atoms with Crippen molar-refractivity contribution in [1.29, 1.82) is 0 Å². The number of nitrogens with one attached hydrogen (secondary N) is 1. The first-order valence-corrected chi connectivity index (χ1v) is 5.75. The molecule has 0 bridgehead atoms. The number of hydrogen-bond donors (Lipinski definition) is 2. The van der Waals surface area contributed by atoms with Gasteiger partial charge in [0, 0.05) is 4.90 Å². The molecule has 0 aliphatic rings. The van der Waals surface area contributed by atoms with Crippen molar-refractivity contribution >= 4 is 18.5 Å². The summed E-state index contributed by atoms with van der Waals surface area (Å²) in [7, 11) is 0. The Bertz CT molecular complexity index is 508. The summed E-state index contributed by atoms with van der Waals surface area (Å²) >= 11 is 4.25. The first-order valence-electron chi connectivity index (χ1n) is 5.30. The lowest BCUT2D eigenvalue weighted by Crippen LogP contribution is -2.26. The lowest BCUT2D eigenvalue weighted by Gasteiger charge is -2.12. The van der Waals surface area contributed by atoms with E-state index in [0.717, 1.165) is 5.76 Å². The Morgan fingerprint density at radius 1 is 1.29 bits per heavy atom. The summed E-state index contributed by atoms with van der Waals surface area (Å²) in [5.74, 6) is 0.578. The van der Waals surface area contributed by atoms with Crippen molar-refractivity contribution in [3.05, 3.63) is 54.0 Å². The van der Waals surface area contributed by atoms with Gasteiger partial charge in [-0.2, -0.15) is 0 Å². The summed E-state index contributed by atoms with van der Waals surface area (Å²) < 4.78 is 5.23. The number of thiol groups is 1. The Morgan fingerprint density at radius 3 is 2.71 bits per heavy atom. The van der Waals surface area contributed by atoms with Crippen LogP contribution in [0.25, 0.3) is 0 Å². The quantitative estimate of drug-likeness (QED) is 0.818. The number of carbonyl (C=O) groups is 1. The van der Waals surface area contributed by atoms with E-state index >= 15 is 0 Å². The molecule has 88 valence electrons. The molecule has 0 aliphatic carbocycles. The van der Waals surface area contributed by atoms with Crippen LogP contribution in [0.3, 0.4) is 0 Å². The van der Waals surface area contributed by atoms with Crippen LogP contribution in [-0.4, -0.2) is 5.91 Å². The maximum atomic E-state index is 12.0. The summed E-state index contributed by atoms with van der Waals surface area (Å²) in [6.07, 6.45) is 1.59. The summed E-state index contributed by atoms with van der Waals surface area (Å²) in [4.78, 5) is 12.6. The minimum Gasteiger partial charge on any atom is -0.467 e. The van der Waals surface area contributed by atoms with Crippen molar-refractivity contribution in [2.24, 2.45) is 0 Å². The fourth-order valence-electron chi connectivity index (χ4n) is 1.55. The highest BCUT2D eigenvalue weighted by molar-refractivity contribution is 7.80. The van der Waals surface area contributed by atoms with Crippen LogP contribution in [-0.2, 0) is 0 Å². The number of benzene rings is 1. The minimum atomic E-state index is -0.162. The van der Waals surface area contributed by atoms with Crippen molar-refractivity contribution in [3.63, 3.8) is 0 Å². The van der Waals surface area contributed by atoms with Gasteiger partial charge < -0.3 is 9.73 Å². The lowest BCUT2D eigenvalue weighted by molar-refractivity contribution is 0.0932. The highest BCUT2D eigenvalue weighted by atomic mass is 32.1. The van der Waals surface area contributed by atoms with Crippen LogP contribution < -0.4 is 5.32 Å². The van der Waals surface area contributed by atoms with Gasteiger partial charge >= 0.3 is 0 Å². The van der Waals surface area contributed by atoms with Gasteiger partial charge in [0.25, 0.3) is 5.91 Å². The van der Waals surface area contributed by atoms with Crippen LogP contribution in [0.2, 0.25) is 0 Å². The number of rotatable bonds is 3. The van der Waals surface area contributed by atoms with Crippen LogP contribution in [0.15, 0.2) is 52.0 Å².